The number of hydrogen-bond donors (Lipinski definition) is 2. The monoisotopic (exact) mass is 289 g/mol. The molecule has 2 aromatic rings. The molecule has 0 aromatic carbocycles. The van der Waals surface area contributed by atoms with Gasteiger partial charge in [0.1, 0.15) is 0 Å². The highest BCUT2D eigenvalue weighted by molar-refractivity contribution is 7.12. The van der Waals surface area contributed by atoms with E-state index in [9.17, 15) is 9.59 Å². The maximum absolute atomic E-state index is 11.8. The summed E-state index contributed by atoms with van der Waals surface area (Å²) >= 11 is 1.28. The van der Waals surface area contributed by atoms with Gasteiger partial charge in [0, 0.05) is 5.69 Å². The summed E-state index contributed by atoms with van der Waals surface area (Å²) in [6.07, 6.45) is 0. The van der Waals surface area contributed by atoms with E-state index in [1.165, 1.54) is 11.3 Å². The second kappa shape index (κ2) is 5.83. The quantitative estimate of drug-likeness (QED) is 0.892. The normalized spacial score (nSPS) is 10.2. The van der Waals surface area contributed by atoms with Crippen LogP contribution in [0.2, 0.25) is 0 Å². The van der Waals surface area contributed by atoms with Gasteiger partial charge in [-0.3, -0.25) is 15.1 Å². The predicted octanol–water partition coefficient (Wildman–Crippen LogP) is 3.03. The molecule has 0 saturated heterocycles. The van der Waals surface area contributed by atoms with E-state index in [1.54, 1.807) is 17.5 Å². The van der Waals surface area contributed by atoms with E-state index in [0.29, 0.717) is 10.6 Å². The molecule has 0 aliphatic heterocycles. The molecule has 6 heteroatoms. The third-order valence-electron chi connectivity index (χ3n) is 2.74. The van der Waals surface area contributed by atoms with Gasteiger partial charge in [-0.05, 0) is 43.8 Å². The van der Waals surface area contributed by atoms with E-state index in [4.69, 9.17) is 0 Å². The van der Waals surface area contributed by atoms with Gasteiger partial charge in [-0.15, -0.1) is 11.3 Å². The molecule has 2 heterocycles. The lowest BCUT2D eigenvalue weighted by Gasteiger charge is -2.12. The van der Waals surface area contributed by atoms with Crippen LogP contribution in [-0.2, 0) is 0 Å². The first kappa shape index (κ1) is 14.2. The van der Waals surface area contributed by atoms with Crippen LogP contribution >= 0.6 is 11.3 Å². The molecule has 0 spiro atoms. The van der Waals surface area contributed by atoms with E-state index < -0.39 is 11.9 Å². The summed E-state index contributed by atoms with van der Waals surface area (Å²) in [6, 6.07) is 4.75. The maximum atomic E-state index is 11.8. The Hall–Kier alpha value is -2.21. The summed E-state index contributed by atoms with van der Waals surface area (Å²) in [7, 11) is 0. The lowest BCUT2D eigenvalue weighted by molar-refractivity contribution is 0.0971. The summed E-state index contributed by atoms with van der Waals surface area (Å²) in [5.41, 5.74) is 3.16. The van der Waals surface area contributed by atoms with Crippen LogP contribution in [0.5, 0.6) is 0 Å². The average Bonchev–Trinajstić information content (AvgIpc) is 2.87. The molecule has 0 fully saturated rings. The Morgan fingerprint density at radius 2 is 2.00 bits per heavy atom. The molecule has 20 heavy (non-hydrogen) atoms. The van der Waals surface area contributed by atoms with Crippen LogP contribution in [0.25, 0.3) is 0 Å². The first-order chi connectivity index (χ1) is 9.47. The van der Waals surface area contributed by atoms with Crippen LogP contribution in [0.1, 0.15) is 26.6 Å². The molecule has 2 N–H and O–H groups in total. The van der Waals surface area contributed by atoms with Crippen molar-refractivity contribution in [3.63, 3.8) is 0 Å². The van der Waals surface area contributed by atoms with Crippen LogP contribution in [0, 0.1) is 20.8 Å². The van der Waals surface area contributed by atoms with Crippen LogP contribution in [0.15, 0.2) is 23.6 Å². The number of amides is 3. The number of carbonyl (C=O) groups is 2. The minimum atomic E-state index is -0.555. The van der Waals surface area contributed by atoms with E-state index in [2.05, 4.69) is 15.6 Å². The minimum Gasteiger partial charge on any atom is -0.306 e. The topological polar surface area (TPSA) is 71.1 Å². The van der Waals surface area contributed by atoms with Gasteiger partial charge in [0.05, 0.1) is 16.3 Å². The molecule has 0 saturated carbocycles. The zero-order chi connectivity index (χ0) is 14.7. The summed E-state index contributed by atoms with van der Waals surface area (Å²) in [6.45, 7) is 5.60. The standard InChI is InChI=1S/C14H15N3O2S/c1-8-7-9(2)15-10(3)12(8)16-14(19)17-13(18)11-5-4-6-20-11/h4-7H,1-3H3,(H2,16,17,18,19). The Bertz CT molecular complexity index is 627. The molecule has 0 aliphatic rings. The van der Waals surface area contributed by atoms with Gasteiger partial charge in [-0.2, -0.15) is 0 Å². The van der Waals surface area contributed by atoms with Crippen molar-refractivity contribution in [3.8, 4) is 0 Å². The van der Waals surface area contributed by atoms with Crippen molar-refractivity contribution in [3.05, 3.63) is 45.4 Å². The number of aromatic nitrogens is 1. The van der Waals surface area contributed by atoms with Gasteiger partial charge in [-0.1, -0.05) is 6.07 Å². The number of nitrogens with one attached hydrogen (secondary N) is 2. The van der Waals surface area contributed by atoms with Gasteiger partial charge in [-0.25, -0.2) is 4.79 Å². The third kappa shape index (κ3) is 3.21. The number of hydrogen-bond acceptors (Lipinski definition) is 4. The van der Waals surface area contributed by atoms with Crippen LogP contribution in [0.4, 0.5) is 10.5 Å². The molecular formula is C14H15N3O2S. The number of rotatable bonds is 2. The average molecular weight is 289 g/mol. The Morgan fingerprint density at radius 1 is 1.25 bits per heavy atom. The number of pyridine rings is 1. The Morgan fingerprint density at radius 3 is 2.60 bits per heavy atom. The summed E-state index contributed by atoms with van der Waals surface area (Å²) in [5.74, 6) is -0.409. The predicted molar refractivity (Wildman–Crippen MR) is 79.3 cm³/mol. The number of carbonyl (C=O) groups excluding carboxylic acids is 2. The zero-order valence-electron chi connectivity index (χ0n) is 11.5. The van der Waals surface area contributed by atoms with Crippen molar-refractivity contribution in [2.75, 3.05) is 5.32 Å². The molecule has 104 valence electrons. The van der Waals surface area contributed by atoms with E-state index >= 15 is 0 Å². The fourth-order valence-electron chi connectivity index (χ4n) is 1.93. The molecule has 0 unspecified atom stereocenters. The molecule has 0 bridgehead atoms. The zero-order valence-corrected chi connectivity index (χ0v) is 12.3. The number of aryl methyl sites for hydroxylation is 3. The summed E-state index contributed by atoms with van der Waals surface area (Å²) < 4.78 is 0. The van der Waals surface area contributed by atoms with Crippen molar-refractivity contribution in [2.45, 2.75) is 20.8 Å². The van der Waals surface area contributed by atoms with Crippen molar-refractivity contribution in [2.24, 2.45) is 0 Å². The first-order valence-electron chi connectivity index (χ1n) is 6.08. The summed E-state index contributed by atoms with van der Waals surface area (Å²) in [4.78, 5) is 28.4. The number of thiophene rings is 1. The second-order valence-corrected chi connectivity index (χ2v) is 5.37. The Kier molecular flexibility index (Phi) is 4.14. The van der Waals surface area contributed by atoms with Crippen molar-refractivity contribution in [1.82, 2.24) is 10.3 Å². The van der Waals surface area contributed by atoms with Gasteiger partial charge in [0.2, 0.25) is 0 Å². The van der Waals surface area contributed by atoms with Gasteiger partial charge in [0.15, 0.2) is 0 Å². The van der Waals surface area contributed by atoms with Crippen LogP contribution < -0.4 is 10.6 Å². The van der Waals surface area contributed by atoms with Gasteiger partial charge in [0.25, 0.3) is 5.91 Å². The number of nitrogens with zero attached hydrogens (tertiary/aromatic N) is 1. The fourth-order valence-corrected chi connectivity index (χ4v) is 2.55. The lowest BCUT2D eigenvalue weighted by Crippen LogP contribution is -2.34. The Labute approximate surface area is 121 Å². The van der Waals surface area contributed by atoms with E-state index in [1.807, 2.05) is 26.8 Å². The number of anilines is 1. The van der Waals surface area contributed by atoms with Gasteiger partial charge < -0.3 is 5.32 Å². The van der Waals surface area contributed by atoms with Crippen molar-refractivity contribution >= 4 is 29.0 Å². The van der Waals surface area contributed by atoms with Crippen molar-refractivity contribution < 1.29 is 9.59 Å². The van der Waals surface area contributed by atoms with Crippen LogP contribution in [0.3, 0.4) is 0 Å². The van der Waals surface area contributed by atoms with E-state index in [-0.39, 0.29) is 0 Å². The summed E-state index contributed by atoms with van der Waals surface area (Å²) in [5, 5.41) is 6.75. The molecule has 0 atom stereocenters. The fraction of sp³-hybridized carbons (Fsp3) is 0.214. The second-order valence-electron chi connectivity index (χ2n) is 4.43. The highest BCUT2D eigenvalue weighted by atomic mass is 32.1. The SMILES string of the molecule is Cc1cc(C)c(NC(=O)NC(=O)c2cccs2)c(C)n1. The van der Waals surface area contributed by atoms with Crippen molar-refractivity contribution in [1.29, 1.82) is 0 Å². The molecular weight excluding hydrogens is 274 g/mol. The number of urea groups is 1. The Balaban J connectivity index is 2.07. The lowest BCUT2D eigenvalue weighted by atomic mass is 10.1. The third-order valence-corrected chi connectivity index (χ3v) is 3.60. The van der Waals surface area contributed by atoms with E-state index in [0.717, 1.165) is 17.0 Å². The number of imide groups is 1. The molecule has 5 nitrogen and oxygen atoms in total. The van der Waals surface area contributed by atoms with Gasteiger partial charge >= 0.3 is 6.03 Å². The molecule has 3 amide bonds. The molecule has 2 aromatic heterocycles. The van der Waals surface area contributed by atoms with Crippen LogP contribution in [-0.4, -0.2) is 16.9 Å². The largest absolute Gasteiger partial charge is 0.326 e. The highest BCUT2D eigenvalue weighted by Gasteiger charge is 2.13. The first-order valence-corrected chi connectivity index (χ1v) is 6.96. The minimum absolute atomic E-state index is 0.409. The molecule has 2 rings (SSSR count). The highest BCUT2D eigenvalue weighted by Crippen LogP contribution is 2.19. The molecule has 0 radical (unpaired) electrons. The smallest absolute Gasteiger partial charge is 0.306 e. The maximum Gasteiger partial charge on any atom is 0.326 e. The molecule has 0 aliphatic carbocycles.